The van der Waals surface area contributed by atoms with Crippen LogP contribution in [0.4, 0.5) is 0 Å². The molecule has 0 amide bonds. The number of aliphatic carboxylic acids is 1. The Morgan fingerprint density at radius 1 is 1.32 bits per heavy atom. The van der Waals surface area contributed by atoms with Crippen LogP contribution in [0.1, 0.15) is 17.2 Å². The summed E-state index contributed by atoms with van der Waals surface area (Å²) in [6, 6.07) is 6.14. The SMILES string of the molecule is N#Cc1cn(C(Cc2ccc(O)cc2)C(=O)O)c(=O)[nH]c1=O. The summed E-state index contributed by atoms with van der Waals surface area (Å²) in [6.07, 6.45) is 0.882. The first-order valence-electron chi connectivity index (χ1n) is 6.18. The first-order chi connectivity index (χ1) is 10.4. The highest BCUT2D eigenvalue weighted by molar-refractivity contribution is 5.72. The van der Waals surface area contributed by atoms with Gasteiger partial charge in [-0.05, 0) is 17.7 Å². The molecule has 0 radical (unpaired) electrons. The largest absolute Gasteiger partial charge is 0.508 e. The van der Waals surface area contributed by atoms with E-state index >= 15 is 0 Å². The summed E-state index contributed by atoms with van der Waals surface area (Å²) in [5.41, 5.74) is -1.55. The van der Waals surface area contributed by atoms with Gasteiger partial charge < -0.3 is 10.2 Å². The van der Waals surface area contributed by atoms with E-state index in [9.17, 15) is 24.6 Å². The predicted molar refractivity (Wildman–Crippen MR) is 74.5 cm³/mol. The summed E-state index contributed by atoms with van der Waals surface area (Å²) >= 11 is 0. The van der Waals surface area contributed by atoms with E-state index < -0.39 is 23.3 Å². The van der Waals surface area contributed by atoms with Crippen LogP contribution in [-0.2, 0) is 11.2 Å². The maximum absolute atomic E-state index is 11.8. The zero-order valence-corrected chi connectivity index (χ0v) is 11.2. The number of carboxylic acid groups (broad SMARTS) is 1. The molecule has 112 valence electrons. The van der Waals surface area contributed by atoms with Gasteiger partial charge in [-0.3, -0.25) is 14.3 Å². The summed E-state index contributed by atoms with van der Waals surface area (Å²) in [5, 5.41) is 27.3. The van der Waals surface area contributed by atoms with Gasteiger partial charge in [0, 0.05) is 12.6 Å². The molecule has 0 bridgehead atoms. The maximum atomic E-state index is 11.8. The van der Waals surface area contributed by atoms with Crippen LogP contribution in [0.25, 0.3) is 0 Å². The number of aromatic amines is 1. The Morgan fingerprint density at radius 3 is 2.50 bits per heavy atom. The molecule has 2 rings (SSSR count). The van der Waals surface area contributed by atoms with Gasteiger partial charge in [-0.2, -0.15) is 5.26 Å². The summed E-state index contributed by atoms with van der Waals surface area (Å²) in [7, 11) is 0. The first-order valence-corrected chi connectivity index (χ1v) is 6.18. The van der Waals surface area contributed by atoms with Crippen molar-refractivity contribution in [1.29, 1.82) is 5.26 Å². The molecular formula is C14H11N3O5. The molecular weight excluding hydrogens is 290 g/mol. The second-order valence-electron chi connectivity index (χ2n) is 4.55. The number of carbonyl (C=O) groups is 1. The smallest absolute Gasteiger partial charge is 0.329 e. The van der Waals surface area contributed by atoms with E-state index in [1.165, 1.54) is 24.3 Å². The number of hydrogen-bond acceptors (Lipinski definition) is 5. The number of aromatic hydroxyl groups is 1. The van der Waals surface area contributed by atoms with Crippen molar-refractivity contribution >= 4 is 5.97 Å². The van der Waals surface area contributed by atoms with Gasteiger partial charge in [0.15, 0.2) is 0 Å². The van der Waals surface area contributed by atoms with E-state index in [-0.39, 0.29) is 17.7 Å². The van der Waals surface area contributed by atoms with Crippen LogP contribution in [0.2, 0.25) is 0 Å². The van der Waals surface area contributed by atoms with Crippen LogP contribution in [-0.4, -0.2) is 25.7 Å². The number of aromatic nitrogens is 2. The zero-order chi connectivity index (χ0) is 16.3. The Kier molecular flexibility index (Phi) is 4.08. The molecule has 1 aromatic carbocycles. The van der Waals surface area contributed by atoms with E-state index in [4.69, 9.17) is 5.26 Å². The van der Waals surface area contributed by atoms with Crippen molar-refractivity contribution in [1.82, 2.24) is 9.55 Å². The lowest BCUT2D eigenvalue weighted by Crippen LogP contribution is -2.37. The minimum atomic E-state index is -1.29. The van der Waals surface area contributed by atoms with E-state index in [2.05, 4.69) is 0 Å². The van der Waals surface area contributed by atoms with Crippen molar-refractivity contribution in [3.8, 4) is 11.8 Å². The van der Waals surface area contributed by atoms with E-state index in [1.54, 1.807) is 6.07 Å². The fourth-order valence-corrected chi connectivity index (χ4v) is 1.96. The molecule has 1 aromatic heterocycles. The number of H-pyrrole nitrogens is 1. The lowest BCUT2D eigenvalue weighted by Gasteiger charge is -2.15. The molecule has 1 atom stereocenters. The van der Waals surface area contributed by atoms with Crippen molar-refractivity contribution in [2.45, 2.75) is 12.5 Å². The topological polar surface area (TPSA) is 136 Å². The Hall–Kier alpha value is -3.34. The Bertz CT molecular complexity index is 858. The number of nitrogens with zero attached hydrogens (tertiary/aromatic N) is 2. The molecule has 0 fully saturated rings. The molecule has 0 aliphatic carbocycles. The molecule has 0 saturated heterocycles. The second kappa shape index (κ2) is 5.97. The van der Waals surface area contributed by atoms with Gasteiger partial charge in [-0.25, -0.2) is 9.59 Å². The summed E-state index contributed by atoms with van der Waals surface area (Å²) in [5.74, 6) is -1.25. The second-order valence-corrected chi connectivity index (χ2v) is 4.55. The minimum Gasteiger partial charge on any atom is -0.508 e. The molecule has 2 aromatic rings. The maximum Gasteiger partial charge on any atom is 0.329 e. The van der Waals surface area contributed by atoms with Gasteiger partial charge in [0.05, 0.1) is 0 Å². The number of benzene rings is 1. The Balaban J connectivity index is 2.47. The fraction of sp³-hybridized carbons (Fsp3) is 0.143. The van der Waals surface area contributed by atoms with Gasteiger partial charge in [0.2, 0.25) is 0 Å². The van der Waals surface area contributed by atoms with E-state index in [0.29, 0.717) is 5.56 Å². The first kappa shape index (κ1) is 15.1. The molecule has 8 nitrogen and oxygen atoms in total. The molecule has 8 heteroatoms. The number of carboxylic acids is 1. The van der Waals surface area contributed by atoms with Gasteiger partial charge in [-0.1, -0.05) is 12.1 Å². The third-order valence-corrected chi connectivity index (χ3v) is 3.07. The predicted octanol–water partition coefficient (Wildman–Crippen LogP) is -0.0177. The molecule has 0 aliphatic heterocycles. The summed E-state index contributed by atoms with van der Waals surface area (Å²) < 4.78 is 0.801. The quantitative estimate of drug-likeness (QED) is 0.726. The van der Waals surface area contributed by atoms with Crippen LogP contribution < -0.4 is 11.2 Å². The molecule has 22 heavy (non-hydrogen) atoms. The summed E-state index contributed by atoms with van der Waals surface area (Å²) in [6.45, 7) is 0. The molecule has 1 unspecified atom stereocenters. The molecule has 3 N–H and O–H groups in total. The summed E-state index contributed by atoms with van der Waals surface area (Å²) in [4.78, 5) is 36.5. The van der Waals surface area contributed by atoms with E-state index in [1.807, 2.05) is 4.98 Å². The minimum absolute atomic E-state index is 0.0311. The van der Waals surface area contributed by atoms with Crippen LogP contribution >= 0.6 is 0 Å². The number of phenols is 1. The van der Waals surface area contributed by atoms with Gasteiger partial charge in [0.1, 0.15) is 23.4 Å². The number of rotatable bonds is 4. The van der Waals surface area contributed by atoms with Crippen molar-refractivity contribution in [3.63, 3.8) is 0 Å². The van der Waals surface area contributed by atoms with Crippen molar-refractivity contribution < 1.29 is 15.0 Å². The van der Waals surface area contributed by atoms with E-state index in [0.717, 1.165) is 10.8 Å². The lowest BCUT2D eigenvalue weighted by molar-refractivity contribution is -0.141. The average molecular weight is 301 g/mol. The number of nitrogens with one attached hydrogen (secondary N) is 1. The third kappa shape index (κ3) is 3.04. The monoisotopic (exact) mass is 301 g/mol. The van der Waals surface area contributed by atoms with Crippen molar-refractivity contribution in [2.24, 2.45) is 0 Å². The normalized spacial score (nSPS) is 11.6. The highest BCUT2D eigenvalue weighted by atomic mass is 16.4. The van der Waals surface area contributed by atoms with Crippen molar-refractivity contribution in [3.05, 3.63) is 62.4 Å². The average Bonchev–Trinajstić information content (AvgIpc) is 2.47. The van der Waals surface area contributed by atoms with Crippen LogP contribution in [0.15, 0.2) is 40.1 Å². The standard InChI is InChI=1S/C14H11N3O5/c15-6-9-7-17(14(22)16-12(9)19)11(13(20)21)5-8-1-3-10(18)4-2-8/h1-4,7,11,18H,5H2,(H,20,21)(H,16,19,22). The highest BCUT2D eigenvalue weighted by Gasteiger charge is 2.22. The fourth-order valence-electron chi connectivity index (χ4n) is 1.96. The van der Waals surface area contributed by atoms with Crippen LogP contribution in [0, 0.1) is 11.3 Å². The van der Waals surface area contributed by atoms with Crippen molar-refractivity contribution in [2.75, 3.05) is 0 Å². The number of nitriles is 1. The number of phenolic OH excluding ortho intramolecular Hbond substituents is 1. The molecule has 0 aliphatic rings. The van der Waals surface area contributed by atoms with Gasteiger partial charge in [0.25, 0.3) is 5.56 Å². The molecule has 0 spiro atoms. The number of hydrogen-bond donors (Lipinski definition) is 3. The zero-order valence-electron chi connectivity index (χ0n) is 11.2. The Labute approximate surface area is 123 Å². The molecule has 1 heterocycles. The van der Waals surface area contributed by atoms with Crippen LogP contribution in [0.5, 0.6) is 5.75 Å². The third-order valence-electron chi connectivity index (χ3n) is 3.07. The van der Waals surface area contributed by atoms with Gasteiger partial charge in [-0.15, -0.1) is 0 Å². The Morgan fingerprint density at radius 2 is 1.95 bits per heavy atom. The lowest BCUT2D eigenvalue weighted by atomic mass is 10.1. The molecule has 0 saturated carbocycles. The van der Waals surface area contributed by atoms with Crippen LogP contribution in [0.3, 0.4) is 0 Å². The van der Waals surface area contributed by atoms with Gasteiger partial charge >= 0.3 is 11.7 Å². The highest BCUT2D eigenvalue weighted by Crippen LogP contribution is 2.16.